The lowest BCUT2D eigenvalue weighted by Crippen LogP contribution is -2.23. The van der Waals surface area contributed by atoms with Gasteiger partial charge in [0.05, 0.1) is 5.69 Å². The van der Waals surface area contributed by atoms with Gasteiger partial charge in [-0.1, -0.05) is 0 Å². The summed E-state index contributed by atoms with van der Waals surface area (Å²) in [5, 5.41) is 0. The predicted octanol–water partition coefficient (Wildman–Crippen LogP) is 2.44. The first-order chi connectivity index (χ1) is 11.3. The van der Waals surface area contributed by atoms with Crippen LogP contribution in [0.25, 0.3) is 5.78 Å². The van der Waals surface area contributed by atoms with Crippen LogP contribution in [0.2, 0.25) is 0 Å². The molecule has 0 spiro atoms. The summed E-state index contributed by atoms with van der Waals surface area (Å²) in [4.78, 5) is 22.1. The van der Waals surface area contributed by atoms with Gasteiger partial charge in [0, 0.05) is 37.2 Å². The van der Waals surface area contributed by atoms with E-state index in [1.807, 2.05) is 52.0 Å². The van der Waals surface area contributed by atoms with E-state index in [2.05, 4.69) is 9.97 Å². The van der Waals surface area contributed by atoms with E-state index in [1.54, 1.807) is 6.20 Å². The zero-order chi connectivity index (χ0) is 15.6. The number of hydrogen-bond donors (Lipinski definition) is 0. The first-order valence-corrected chi connectivity index (χ1v) is 7.61. The largest absolute Gasteiger partial charge is 0.487 e. The monoisotopic (exact) mass is 308 g/mol. The molecule has 1 aliphatic rings. The molecule has 6 nitrogen and oxygen atoms in total. The molecule has 0 N–H and O–H groups in total. The molecule has 0 atom stereocenters. The maximum absolute atomic E-state index is 11.7. The average Bonchev–Trinajstić information content (AvgIpc) is 3.19. The van der Waals surface area contributed by atoms with Gasteiger partial charge in [0.15, 0.2) is 0 Å². The van der Waals surface area contributed by atoms with Gasteiger partial charge >= 0.3 is 0 Å². The molecule has 1 amide bonds. The van der Waals surface area contributed by atoms with Crippen LogP contribution in [0.15, 0.2) is 48.9 Å². The van der Waals surface area contributed by atoms with Crippen LogP contribution in [0.3, 0.4) is 0 Å². The minimum Gasteiger partial charge on any atom is -0.487 e. The third-order valence-electron chi connectivity index (χ3n) is 3.89. The first-order valence-electron chi connectivity index (χ1n) is 7.61. The smallest absolute Gasteiger partial charge is 0.234 e. The molecule has 0 saturated carbocycles. The van der Waals surface area contributed by atoms with Crippen molar-refractivity contribution in [2.24, 2.45) is 0 Å². The number of nitrogens with zero attached hydrogens (tertiary/aromatic N) is 4. The van der Waals surface area contributed by atoms with Crippen LogP contribution in [0.1, 0.15) is 18.5 Å². The van der Waals surface area contributed by atoms with E-state index in [-0.39, 0.29) is 5.91 Å². The summed E-state index contributed by atoms with van der Waals surface area (Å²) in [6, 6.07) is 9.47. The summed E-state index contributed by atoms with van der Waals surface area (Å²) in [5.41, 5.74) is 1.75. The molecule has 1 aromatic carbocycles. The molecule has 1 aliphatic heterocycles. The Morgan fingerprint density at radius 2 is 2.09 bits per heavy atom. The third-order valence-corrected chi connectivity index (χ3v) is 3.89. The Balaban J connectivity index is 1.43. The van der Waals surface area contributed by atoms with Gasteiger partial charge < -0.3 is 9.64 Å². The normalized spacial score (nSPS) is 14.6. The maximum Gasteiger partial charge on any atom is 0.234 e. The number of rotatable bonds is 4. The Kier molecular flexibility index (Phi) is 3.42. The van der Waals surface area contributed by atoms with Crippen molar-refractivity contribution < 1.29 is 9.53 Å². The molecule has 0 aliphatic carbocycles. The first kappa shape index (κ1) is 13.8. The van der Waals surface area contributed by atoms with E-state index < -0.39 is 0 Å². The number of carbonyl (C=O) groups is 1. The van der Waals surface area contributed by atoms with Crippen molar-refractivity contribution in [1.29, 1.82) is 0 Å². The molecule has 2 aromatic heterocycles. The van der Waals surface area contributed by atoms with Gasteiger partial charge in [-0.25, -0.2) is 9.97 Å². The minimum absolute atomic E-state index is 0.191. The Hall–Kier alpha value is -2.89. The fraction of sp³-hybridized carbons (Fsp3) is 0.235. The van der Waals surface area contributed by atoms with Gasteiger partial charge in [-0.15, -0.1) is 0 Å². The fourth-order valence-corrected chi connectivity index (χ4v) is 2.75. The van der Waals surface area contributed by atoms with E-state index >= 15 is 0 Å². The van der Waals surface area contributed by atoms with Crippen molar-refractivity contribution in [2.45, 2.75) is 19.4 Å². The van der Waals surface area contributed by atoms with E-state index in [0.29, 0.717) is 18.8 Å². The number of aromatic nitrogens is 3. The summed E-state index contributed by atoms with van der Waals surface area (Å²) in [6.45, 7) is 1.18. The number of benzene rings is 1. The molecule has 3 aromatic rings. The van der Waals surface area contributed by atoms with Gasteiger partial charge in [0.25, 0.3) is 0 Å². The lowest BCUT2D eigenvalue weighted by atomic mass is 10.3. The van der Waals surface area contributed by atoms with Crippen molar-refractivity contribution in [3.05, 3.63) is 54.6 Å². The molecule has 0 bridgehead atoms. The van der Waals surface area contributed by atoms with Gasteiger partial charge in [-0.05, 0) is 36.8 Å². The average molecular weight is 308 g/mol. The van der Waals surface area contributed by atoms with Crippen LogP contribution in [0.4, 0.5) is 5.69 Å². The van der Waals surface area contributed by atoms with Crippen LogP contribution >= 0.6 is 0 Å². The highest BCUT2D eigenvalue weighted by molar-refractivity contribution is 5.95. The second-order valence-electron chi connectivity index (χ2n) is 5.49. The highest BCUT2D eigenvalue weighted by Crippen LogP contribution is 2.24. The van der Waals surface area contributed by atoms with Gasteiger partial charge in [-0.3, -0.25) is 9.20 Å². The van der Waals surface area contributed by atoms with Crippen molar-refractivity contribution in [1.82, 2.24) is 14.4 Å². The minimum atomic E-state index is 0.191. The van der Waals surface area contributed by atoms with E-state index in [0.717, 1.165) is 30.1 Å². The molecule has 116 valence electrons. The fourth-order valence-electron chi connectivity index (χ4n) is 2.75. The number of amides is 1. The van der Waals surface area contributed by atoms with Crippen molar-refractivity contribution >= 4 is 17.4 Å². The summed E-state index contributed by atoms with van der Waals surface area (Å²) in [5.74, 6) is 1.61. The highest BCUT2D eigenvalue weighted by atomic mass is 16.5. The lowest BCUT2D eigenvalue weighted by molar-refractivity contribution is -0.117. The quantitative estimate of drug-likeness (QED) is 0.743. The van der Waals surface area contributed by atoms with Crippen molar-refractivity contribution in [3.8, 4) is 5.75 Å². The van der Waals surface area contributed by atoms with E-state index in [9.17, 15) is 4.79 Å². The summed E-state index contributed by atoms with van der Waals surface area (Å²) >= 11 is 0. The van der Waals surface area contributed by atoms with Crippen LogP contribution in [-0.2, 0) is 11.4 Å². The van der Waals surface area contributed by atoms with Crippen molar-refractivity contribution in [2.75, 3.05) is 11.4 Å². The molecule has 6 heteroatoms. The zero-order valence-corrected chi connectivity index (χ0v) is 12.6. The number of ether oxygens (including phenoxy) is 1. The molecule has 0 unspecified atom stereocenters. The van der Waals surface area contributed by atoms with Crippen LogP contribution in [0.5, 0.6) is 5.75 Å². The molecule has 3 heterocycles. The number of imidazole rings is 1. The second kappa shape index (κ2) is 5.72. The molecular formula is C17H16N4O2. The topological polar surface area (TPSA) is 59.7 Å². The van der Waals surface area contributed by atoms with Crippen LogP contribution in [-0.4, -0.2) is 26.8 Å². The van der Waals surface area contributed by atoms with E-state index in [1.165, 1.54) is 0 Å². The predicted molar refractivity (Wildman–Crippen MR) is 85.3 cm³/mol. The lowest BCUT2D eigenvalue weighted by Gasteiger charge is -2.15. The summed E-state index contributed by atoms with van der Waals surface area (Å²) in [6.07, 6.45) is 7.09. The number of hydrogen-bond acceptors (Lipinski definition) is 4. The molecule has 0 radical (unpaired) electrons. The molecule has 23 heavy (non-hydrogen) atoms. The number of fused-ring (bicyclic) bond motifs is 1. The number of carbonyl (C=O) groups excluding carboxylic acids is 1. The Morgan fingerprint density at radius 3 is 2.83 bits per heavy atom. The maximum atomic E-state index is 11.7. The molecule has 4 rings (SSSR count). The van der Waals surface area contributed by atoms with Gasteiger partial charge in [0.2, 0.25) is 11.7 Å². The number of anilines is 1. The van der Waals surface area contributed by atoms with Gasteiger partial charge in [0.1, 0.15) is 12.4 Å². The Labute approximate surface area is 133 Å². The second-order valence-corrected chi connectivity index (χ2v) is 5.49. The van der Waals surface area contributed by atoms with Gasteiger partial charge in [-0.2, -0.15) is 0 Å². The standard InChI is InChI=1S/C17H16N4O2/c22-16-3-1-10-21(16)14-4-6-15(7-5-14)23-12-13-11-20-9-2-8-18-17(20)19-13/h2,4-9,11H,1,3,10,12H2. The van der Waals surface area contributed by atoms with Crippen LogP contribution in [0, 0.1) is 0 Å². The van der Waals surface area contributed by atoms with Crippen LogP contribution < -0.4 is 9.64 Å². The third kappa shape index (κ3) is 2.75. The molecular weight excluding hydrogens is 292 g/mol. The SMILES string of the molecule is O=C1CCCN1c1ccc(OCc2cn3cccnc3n2)cc1. The summed E-state index contributed by atoms with van der Waals surface area (Å²) < 4.78 is 7.62. The Morgan fingerprint density at radius 1 is 1.22 bits per heavy atom. The Bertz CT molecular complexity index is 808. The molecule has 1 fully saturated rings. The van der Waals surface area contributed by atoms with Crippen molar-refractivity contribution in [3.63, 3.8) is 0 Å². The summed E-state index contributed by atoms with van der Waals surface area (Å²) in [7, 11) is 0. The van der Waals surface area contributed by atoms with E-state index in [4.69, 9.17) is 4.74 Å². The molecule has 1 saturated heterocycles. The highest BCUT2D eigenvalue weighted by Gasteiger charge is 2.21. The zero-order valence-electron chi connectivity index (χ0n) is 12.6.